The summed E-state index contributed by atoms with van der Waals surface area (Å²) < 4.78 is 0. The van der Waals surface area contributed by atoms with Crippen LogP contribution >= 0.6 is 12.6 Å². The molecule has 1 aromatic carbocycles. The molecule has 0 spiro atoms. The summed E-state index contributed by atoms with van der Waals surface area (Å²) in [6, 6.07) is 8.25. The molecule has 1 unspecified atom stereocenters. The highest BCUT2D eigenvalue weighted by atomic mass is 32.1. The summed E-state index contributed by atoms with van der Waals surface area (Å²) in [6.07, 6.45) is 0.902. The summed E-state index contributed by atoms with van der Waals surface area (Å²) in [5.74, 6) is 0. The van der Waals surface area contributed by atoms with Gasteiger partial charge in [-0.15, -0.1) is 12.6 Å². The lowest BCUT2D eigenvalue weighted by molar-refractivity contribution is 0.729. The van der Waals surface area contributed by atoms with E-state index >= 15 is 0 Å². The van der Waals surface area contributed by atoms with Gasteiger partial charge in [-0.1, -0.05) is 18.2 Å². The Labute approximate surface area is 73.0 Å². The van der Waals surface area contributed by atoms with Gasteiger partial charge >= 0.3 is 0 Å². The van der Waals surface area contributed by atoms with Gasteiger partial charge in [-0.05, 0) is 25.0 Å². The van der Waals surface area contributed by atoms with E-state index in [1.807, 2.05) is 25.1 Å². The summed E-state index contributed by atoms with van der Waals surface area (Å²) in [6.45, 7) is 2.00. The van der Waals surface area contributed by atoms with Crippen LogP contribution in [0.2, 0.25) is 0 Å². The normalized spacial score (nSPS) is 13.0. The first-order valence-corrected chi connectivity index (χ1v) is 4.17. The molecule has 0 saturated heterocycles. The van der Waals surface area contributed by atoms with Gasteiger partial charge in [-0.25, -0.2) is 0 Å². The maximum atomic E-state index is 5.66. The Morgan fingerprint density at radius 1 is 1.45 bits per heavy atom. The Balaban J connectivity index is 2.78. The van der Waals surface area contributed by atoms with Crippen molar-refractivity contribution in [2.45, 2.75) is 24.3 Å². The zero-order valence-electron chi connectivity index (χ0n) is 6.62. The minimum Gasteiger partial charge on any atom is -0.328 e. The molecule has 0 fully saturated rings. The zero-order valence-corrected chi connectivity index (χ0v) is 7.51. The van der Waals surface area contributed by atoms with E-state index in [0.29, 0.717) is 0 Å². The molecule has 0 aliphatic carbocycles. The van der Waals surface area contributed by atoms with Crippen molar-refractivity contribution in [3.05, 3.63) is 29.8 Å². The van der Waals surface area contributed by atoms with E-state index in [9.17, 15) is 0 Å². The van der Waals surface area contributed by atoms with E-state index in [1.54, 1.807) is 0 Å². The third kappa shape index (κ3) is 2.56. The molecule has 0 bridgehead atoms. The molecular weight excluding hydrogens is 154 g/mol. The molecule has 2 N–H and O–H groups in total. The molecule has 1 atom stereocenters. The molecular formula is C9H13NS. The first-order valence-electron chi connectivity index (χ1n) is 3.72. The molecule has 1 rings (SSSR count). The first-order chi connectivity index (χ1) is 5.20. The summed E-state index contributed by atoms with van der Waals surface area (Å²) >= 11 is 4.32. The van der Waals surface area contributed by atoms with Crippen LogP contribution in [0.3, 0.4) is 0 Å². The molecule has 0 radical (unpaired) electrons. The lowest BCUT2D eigenvalue weighted by atomic mass is 10.1. The van der Waals surface area contributed by atoms with Crippen molar-refractivity contribution >= 4 is 12.6 Å². The fourth-order valence-electron chi connectivity index (χ4n) is 1.03. The van der Waals surface area contributed by atoms with Crippen molar-refractivity contribution in [1.29, 1.82) is 0 Å². The fourth-order valence-corrected chi connectivity index (χ4v) is 1.28. The van der Waals surface area contributed by atoms with Crippen molar-refractivity contribution in [2.24, 2.45) is 5.73 Å². The molecule has 11 heavy (non-hydrogen) atoms. The second-order valence-corrected chi connectivity index (χ2v) is 3.29. The number of nitrogens with two attached hydrogens (primary N) is 1. The predicted molar refractivity (Wildman–Crippen MR) is 51.0 cm³/mol. The first kappa shape index (κ1) is 8.62. The molecule has 0 heterocycles. The molecule has 1 nitrogen and oxygen atoms in total. The summed E-state index contributed by atoms with van der Waals surface area (Å²) in [5.41, 5.74) is 6.89. The molecule has 2 heteroatoms. The Morgan fingerprint density at radius 3 is 2.64 bits per heavy atom. The van der Waals surface area contributed by atoms with Crippen LogP contribution in [0.5, 0.6) is 0 Å². The van der Waals surface area contributed by atoms with E-state index in [0.717, 1.165) is 11.3 Å². The maximum Gasteiger partial charge on any atom is 0.00726 e. The second-order valence-electron chi connectivity index (χ2n) is 2.81. The highest BCUT2D eigenvalue weighted by Crippen LogP contribution is 2.13. The largest absolute Gasteiger partial charge is 0.328 e. The van der Waals surface area contributed by atoms with E-state index in [-0.39, 0.29) is 6.04 Å². The van der Waals surface area contributed by atoms with Crippen LogP contribution in [-0.2, 0) is 6.42 Å². The molecule has 1 aromatic rings. The average molecular weight is 167 g/mol. The van der Waals surface area contributed by atoms with Crippen LogP contribution in [0.4, 0.5) is 0 Å². The number of hydrogen-bond donors (Lipinski definition) is 2. The highest BCUT2D eigenvalue weighted by Gasteiger charge is 1.99. The molecule has 0 saturated carbocycles. The van der Waals surface area contributed by atoms with Gasteiger partial charge in [0.05, 0.1) is 0 Å². The van der Waals surface area contributed by atoms with Crippen molar-refractivity contribution < 1.29 is 0 Å². The topological polar surface area (TPSA) is 26.0 Å². The third-order valence-corrected chi connectivity index (χ3v) is 1.97. The number of hydrogen-bond acceptors (Lipinski definition) is 2. The minimum absolute atomic E-state index is 0.211. The van der Waals surface area contributed by atoms with Gasteiger partial charge in [0.25, 0.3) is 0 Å². The number of thiol groups is 1. The SMILES string of the molecule is CC(N)Cc1ccccc1S. The summed E-state index contributed by atoms with van der Waals surface area (Å²) in [4.78, 5) is 1.03. The van der Waals surface area contributed by atoms with Gasteiger partial charge in [-0.3, -0.25) is 0 Å². The zero-order chi connectivity index (χ0) is 8.27. The van der Waals surface area contributed by atoms with Crippen LogP contribution in [0.25, 0.3) is 0 Å². The number of benzene rings is 1. The van der Waals surface area contributed by atoms with Crippen LogP contribution < -0.4 is 5.73 Å². The maximum absolute atomic E-state index is 5.66. The smallest absolute Gasteiger partial charge is 0.00726 e. The molecule has 60 valence electrons. The summed E-state index contributed by atoms with van der Waals surface area (Å²) in [5, 5.41) is 0. The third-order valence-electron chi connectivity index (χ3n) is 1.53. The Morgan fingerprint density at radius 2 is 2.09 bits per heavy atom. The van der Waals surface area contributed by atoms with Crippen LogP contribution in [0.15, 0.2) is 29.2 Å². The Kier molecular flexibility index (Phi) is 2.97. The van der Waals surface area contributed by atoms with Crippen molar-refractivity contribution in [3.8, 4) is 0 Å². The molecule has 0 aromatic heterocycles. The second kappa shape index (κ2) is 3.79. The van der Waals surface area contributed by atoms with E-state index in [2.05, 4.69) is 18.7 Å². The quantitative estimate of drug-likeness (QED) is 0.646. The Hall–Kier alpha value is -0.470. The molecule has 0 amide bonds. The van der Waals surface area contributed by atoms with E-state index in [1.165, 1.54) is 5.56 Å². The number of rotatable bonds is 2. The Bertz CT molecular complexity index is 233. The van der Waals surface area contributed by atoms with Gasteiger partial charge < -0.3 is 5.73 Å². The lowest BCUT2D eigenvalue weighted by Crippen LogP contribution is -2.17. The van der Waals surface area contributed by atoms with Crippen molar-refractivity contribution in [2.75, 3.05) is 0 Å². The van der Waals surface area contributed by atoms with Crippen molar-refractivity contribution in [1.82, 2.24) is 0 Å². The predicted octanol–water partition coefficient (Wildman–Crippen LogP) is 1.86. The van der Waals surface area contributed by atoms with E-state index < -0.39 is 0 Å². The van der Waals surface area contributed by atoms with Gasteiger partial charge in [0, 0.05) is 10.9 Å². The molecule has 0 aliphatic rings. The highest BCUT2D eigenvalue weighted by molar-refractivity contribution is 7.80. The van der Waals surface area contributed by atoms with Gasteiger partial charge in [-0.2, -0.15) is 0 Å². The van der Waals surface area contributed by atoms with Crippen LogP contribution in [0, 0.1) is 0 Å². The van der Waals surface area contributed by atoms with Gasteiger partial charge in [0.1, 0.15) is 0 Å². The summed E-state index contributed by atoms with van der Waals surface area (Å²) in [7, 11) is 0. The minimum atomic E-state index is 0.211. The molecule has 0 aliphatic heterocycles. The van der Waals surface area contributed by atoms with Gasteiger partial charge in [0.2, 0.25) is 0 Å². The van der Waals surface area contributed by atoms with Gasteiger partial charge in [0.15, 0.2) is 0 Å². The van der Waals surface area contributed by atoms with Crippen LogP contribution in [-0.4, -0.2) is 6.04 Å². The standard InChI is InChI=1S/C9H13NS/c1-7(10)6-8-4-2-3-5-9(8)11/h2-5,7,11H,6,10H2,1H3. The lowest BCUT2D eigenvalue weighted by Gasteiger charge is -2.06. The fraction of sp³-hybridized carbons (Fsp3) is 0.333. The van der Waals surface area contributed by atoms with Crippen LogP contribution in [0.1, 0.15) is 12.5 Å². The average Bonchev–Trinajstić information content (AvgIpc) is 1.93. The van der Waals surface area contributed by atoms with Crippen molar-refractivity contribution in [3.63, 3.8) is 0 Å². The van der Waals surface area contributed by atoms with E-state index in [4.69, 9.17) is 5.73 Å². The monoisotopic (exact) mass is 167 g/mol.